The highest BCUT2D eigenvalue weighted by Gasteiger charge is 2.33. The minimum atomic E-state index is -3.82. The monoisotopic (exact) mass is 435 g/mol. The van der Waals surface area contributed by atoms with E-state index in [4.69, 9.17) is 5.73 Å². The fourth-order valence-corrected chi connectivity index (χ4v) is 4.91. The molecule has 0 spiro atoms. The van der Waals surface area contributed by atoms with Crippen LogP contribution >= 0.6 is 0 Å². The molecule has 0 bridgehead atoms. The summed E-state index contributed by atoms with van der Waals surface area (Å²) in [6, 6.07) is 6.85. The molecule has 3 rings (SSSR count). The number of anilines is 1. The van der Waals surface area contributed by atoms with Crippen LogP contribution in [0, 0.1) is 16.0 Å². The molecule has 160 valence electrons. The number of hydrogen-bond donors (Lipinski definition) is 2. The number of nitrogens with two attached hydrogens (primary N) is 1. The van der Waals surface area contributed by atoms with Gasteiger partial charge >= 0.3 is 0 Å². The van der Waals surface area contributed by atoms with Gasteiger partial charge in [-0.15, -0.1) is 0 Å². The number of carbonyl (C=O) groups excluding carboxylic acids is 2. The second-order valence-corrected chi connectivity index (χ2v) is 8.95. The number of nitrogens with one attached hydrogen (secondary N) is 1. The summed E-state index contributed by atoms with van der Waals surface area (Å²) in [7, 11) is -2.29. The van der Waals surface area contributed by atoms with Crippen LogP contribution in [0.4, 0.5) is 11.4 Å². The largest absolute Gasteiger partial charge is 0.364 e. The van der Waals surface area contributed by atoms with E-state index in [1.165, 1.54) is 46.4 Å². The average molecular weight is 435 g/mol. The van der Waals surface area contributed by atoms with E-state index < -0.39 is 26.8 Å². The Morgan fingerprint density at radius 3 is 2.47 bits per heavy atom. The number of hydrogen-bond acceptors (Lipinski definition) is 6. The van der Waals surface area contributed by atoms with Crippen LogP contribution in [0.5, 0.6) is 0 Å². The quantitative estimate of drug-likeness (QED) is 0.510. The molecule has 2 heterocycles. The molecule has 12 heteroatoms. The summed E-state index contributed by atoms with van der Waals surface area (Å²) < 4.78 is 28.3. The summed E-state index contributed by atoms with van der Waals surface area (Å²) in [5.41, 5.74) is 5.50. The lowest BCUT2D eigenvalue weighted by Gasteiger charge is -2.30. The van der Waals surface area contributed by atoms with Gasteiger partial charge in [0.05, 0.1) is 4.92 Å². The van der Waals surface area contributed by atoms with E-state index in [0.29, 0.717) is 18.5 Å². The van der Waals surface area contributed by atoms with Gasteiger partial charge in [0.2, 0.25) is 15.9 Å². The van der Waals surface area contributed by atoms with E-state index in [1.54, 1.807) is 6.07 Å². The third kappa shape index (κ3) is 4.33. The first-order valence-corrected chi connectivity index (χ1v) is 10.5. The molecular formula is C18H21N5O6S. The molecule has 1 aromatic carbocycles. The Balaban J connectivity index is 1.64. The second-order valence-electron chi connectivity index (χ2n) is 7.01. The van der Waals surface area contributed by atoms with Crippen LogP contribution in [0.2, 0.25) is 0 Å². The molecule has 1 aliphatic rings. The van der Waals surface area contributed by atoms with Gasteiger partial charge in [0, 0.05) is 50.1 Å². The van der Waals surface area contributed by atoms with E-state index in [0.717, 1.165) is 0 Å². The first-order valence-electron chi connectivity index (χ1n) is 9.11. The minimum Gasteiger partial charge on any atom is -0.364 e. The van der Waals surface area contributed by atoms with Crippen LogP contribution < -0.4 is 11.1 Å². The average Bonchev–Trinajstić information content (AvgIpc) is 3.11. The lowest BCUT2D eigenvalue weighted by atomic mass is 9.97. The lowest BCUT2D eigenvalue weighted by molar-refractivity contribution is -0.384. The van der Waals surface area contributed by atoms with Crippen molar-refractivity contribution in [1.29, 1.82) is 0 Å². The Hall–Kier alpha value is -3.25. The van der Waals surface area contributed by atoms with Crippen molar-refractivity contribution in [1.82, 2.24) is 8.87 Å². The summed E-state index contributed by atoms with van der Waals surface area (Å²) in [5.74, 6) is -1.47. The van der Waals surface area contributed by atoms with Gasteiger partial charge in [0.15, 0.2) is 0 Å². The Bertz CT molecular complexity index is 1100. The fourth-order valence-electron chi connectivity index (χ4n) is 3.37. The number of piperidine rings is 1. The number of carbonyl (C=O) groups is 2. The number of non-ortho nitro benzene ring substituents is 1. The third-order valence-electron chi connectivity index (χ3n) is 5.02. The maximum absolute atomic E-state index is 12.8. The standard InChI is InChI=1S/C18H21N5O6S/c1-21-11-15(10-16(21)17(19)24)30(28,29)22-7-5-12(6-8-22)18(25)20-13-3-2-4-14(9-13)23(26)27/h2-4,9-12H,5-8H2,1H3,(H2,19,24)(H,20,25). The van der Waals surface area contributed by atoms with Crippen LogP contribution in [-0.4, -0.2) is 47.1 Å². The maximum atomic E-state index is 12.8. The minimum absolute atomic E-state index is 0.0294. The SMILES string of the molecule is Cn1cc(S(=O)(=O)N2CCC(C(=O)Nc3cccc([N+](=O)[O-])c3)CC2)cc1C(N)=O. The number of sulfonamides is 1. The summed E-state index contributed by atoms with van der Waals surface area (Å²) in [6.45, 7) is 0.270. The predicted molar refractivity (Wildman–Crippen MR) is 107 cm³/mol. The van der Waals surface area contributed by atoms with Crippen LogP contribution in [0.1, 0.15) is 23.3 Å². The fraction of sp³-hybridized carbons (Fsp3) is 0.333. The van der Waals surface area contributed by atoms with Gasteiger partial charge in [-0.25, -0.2) is 8.42 Å². The zero-order valence-electron chi connectivity index (χ0n) is 16.1. The summed E-state index contributed by atoms with van der Waals surface area (Å²) in [4.78, 5) is 34.1. The van der Waals surface area contributed by atoms with Crippen molar-refractivity contribution < 1.29 is 22.9 Å². The van der Waals surface area contributed by atoms with Crippen LogP contribution in [-0.2, 0) is 21.9 Å². The van der Waals surface area contributed by atoms with Crippen molar-refractivity contribution in [2.45, 2.75) is 17.7 Å². The molecule has 0 aliphatic carbocycles. The summed E-state index contributed by atoms with van der Waals surface area (Å²) in [5, 5.41) is 13.5. The molecule has 0 saturated carbocycles. The Morgan fingerprint density at radius 1 is 1.23 bits per heavy atom. The summed E-state index contributed by atoms with van der Waals surface area (Å²) in [6.07, 6.45) is 1.93. The molecule has 11 nitrogen and oxygen atoms in total. The van der Waals surface area contributed by atoms with Crippen molar-refractivity contribution >= 4 is 33.2 Å². The maximum Gasteiger partial charge on any atom is 0.271 e. The van der Waals surface area contributed by atoms with Crippen molar-refractivity contribution in [2.24, 2.45) is 18.7 Å². The Labute approximate surface area is 172 Å². The van der Waals surface area contributed by atoms with Gasteiger partial charge in [0.25, 0.3) is 11.6 Å². The number of benzene rings is 1. The second kappa shape index (κ2) is 8.24. The number of rotatable bonds is 6. The lowest BCUT2D eigenvalue weighted by Crippen LogP contribution is -2.41. The highest BCUT2D eigenvalue weighted by molar-refractivity contribution is 7.89. The van der Waals surface area contributed by atoms with Crippen molar-refractivity contribution in [3.63, 3.8) is 0 Å². The van der Waals surface area contributed by atoms with Gasteiger partial charge in [-0.05, 0) is 25.0 Å². The molecular weight excluding hydrogens is 414 g/mol. The van der Waals surface area contributed by atoms with Crippen LogP contribution in [0.15, 0.2) is 41.4 Å². The van der Waals surface area contributed by atoms with Crippen molar-refractivity contribution in [3.8, 4) is 0 Å². The predicted octanol–water partition coefficient (Wildman–Crippen LogP) is 1.07. The van der Waals surface area contributed by atoms with Crippen molar-refractivity contribution in [2.75, 3.05) is 18.4 Å². The van der Waals surface area contributed by atoms with Gasteiger partial charge in [-0.3, -0.25) is 19.7 Å². The molecule has 1 fully saturated rings. The van der Waals surface area contributed by atoms with Gasteiger partial charge in [-0.1, -0.05) is 6.07 Å². The smallest absolute Gasteiger partial charge is 0.271 e. The number of aryl methyl sites for hydroxylation is 1. The molecule has 1 aromatic heterocycles. The topological polar surface area (TPSA) is 158 Å². The van der Waals surface area contributed by atoms with Crippen LogP contribution in [0.3, 0.4) is 0 Å². The normalized spacial score (nSPS) is 15.6. The third-order valence-corrected chi connectivity index (χ3v) is 6.88. The van der Waals surface area contributed by atoms with Gasteiger partial charge in [0.1, 0.15) is 10.6 Å². The molecule has 2 amide bonds. The number of nitro benzene ring substituents is 1. The zero-order valence-corrected chi connectivity index (χ0v) is 17.0. The summed E-state index contributed by atoms with van der Waals surface area (Å²) >= 11 is 0. The molecule has 0 unspecified atom stereocenters. The van der Waals surface area contributed by atoms with Gasteiger partial charge in [-0.2, -0.15) is 4.31 Å². The molecule has 0 atom stereocenters. The number of nitro groups is 1. The molecule has 0 radical (unpaired) electrons. The highest BCUT2D eigenvalue weighted by atomic mass is 32.2. The Kier molecular flexibility index (Phi) is 5.89. The Morgan fingerprint density at radius 2 is 1.90 bits per heavy atom. The first kappa shape index (κ1) is 21.5. The highest BCUT2D eigenvalue weighted by Crippen LogP contribution is 2.26. The number of primary amides is 1. The zero-order chi connectivity index (χ0) is 22.1. The molecule has 3 N–H and O–H groups in total. The first-order chi connectivity index (χ1) is 14.1. The number of aromatic nitrogens is 1. The van der Waals surface area contributed by atoms with E-state index in [1.807, 2.05) is 0 Å². The van der Waals surface area contributed by atoms with E-state index in [-0.39, 0.29) is 35.3 Å². The van der Waals surface area contributed by atoms with Crippen LogP contribution in [0.25, 0.3) is 0 Å². The number of amides is 2. The molecule has 2 aromatic rings. The van der Waals surface area contributed by atoms with E-state index in [2.05, 4.69) is 5.32 Å². The van der Waals surface area contributed by atoms with E-state index >= 15 is 0 Å². The van der Waals surface area contributed by atoms with Crippen molar-refractivity contribution in [3.05, 3.63) is 52.3 Å². The molecule has 1 aliphatic heterocycles. The van der Waals surface area contributed by atoms with E-state index in [9.17, 15) is 28.1 Å². The molecule has 30 heavy (non-hydrogen) atoms. The van der Waals surface area contributed by atoms with Gasteiger partial charge < -0.3 is 15.6 Å². The number of nitrogens with zero attached hydrogens (tertiary/aromatic N) is 3. The molecule has 1 saturated heterocycles.